The summed E-state index contributed by atoms with van der Waals surface area (Å²) in [5.41, 5.74) is 6.16. The Hall–Kier alpha value is -4.76. The van der Waals surface area contributed by atoms with E-state index in [0.29, 0.717) is 35.0 Å². The number of ether oxygens (including phenoxy) is 2. The maximum absolute atomic E-state index is 13.9. The van der Waals surface area contributed by atoms with E-state index in [-0.39, 0.29) is 11.6 Å². The number of aryl methyl sites for hydroxylation is 1. The molecule has 8 nitrogen and oxygen atoms in total. The third-order valence-corrected chi connectivity index (χ3v) is 13.0. The molecule has 5 aliphatic rings. The zero-order chi connectivity index (χ0) is 37.2. The van der Waals surface area contributed by atoms with Gasteiger partial charge in [0, 0.05) is 29.6 Å². The van der Waals surface area contributed by atoms with E-state index in [1.807, 2.05) is 75.4 Å². The van der Waals surface area contributed by atoms with Gasteiger partial charge in [-0.05, 0) is 155 Å². The lowest BCUT2D eigenvalue weighted by Crippen LogP contribution is -2.48. The topological polar surface area (TPSA) is 93.6 Å². The zero-order valence-electron chi connectivity index (χ0n) is 31.6. The van der Waals surface area contributed by atoms with Gasteiger partial charge in [-0.15, -0.1) is 0 Å². The molecule has 1 amide bonds. The Morgan fingerprint density at radius 3 is 2.37 bits per heavy atom. The van der Waals surface area contributed by atoms with Crippen LogP contribution in [0.5, 0.6) is 5.75 Å². The molecule has 0 unspecified atom stereocenters. The van der Waals surface area contributed by atoms with E-state index in [1.54, 1.807) is 0 Å². The third-order valence-electron chi connectivity index (χ3n) is 12.0. The van der Waals surface area contributed by atoms with E-state index in [9.17, 15) is 9.59 Å². The van der Waals surface area contributed by atoms with Crippen LogP contribution in [0.3, 0.4) is 0 Å². The van der Waals surface area contributed by atoms with E-state index in [4.69, 9.17) is 14.5 Å². The molecule has 4 fully saturated rings. The molecule has 4 saturated carbocycles. The van der Waals surface area contributed by atoms with Crippen LogP contribution < -0.4 is 15.0 Å². The second-order valence-corrected chi connectivity index (χ2v) is 18.3. The first-order valence-electron chi connectivity index (χ1n) is 19.5. The largest absolute Gasteiger partial charge is 0.493 e. The van der Waals surface area contributed by atoms with Crippen LogP contribution in [0.2, 0.25) is 0 Å². The third kappa shape index (κ3) is 6.87. The summed E-state index contributed by atoms with van der Waals surface area (Å²) < 4.78 is 13.5. The first kappa shape index (κ1) is 35.0. The number of nitrogens with zero attached hydrogens (tertiary/aromatic N) is 3. The molecule has 278 valence electrons. The maximum Gasteiger partial charge on any atom is 0.358 e. The number of amides is 1. The Labute approximate surface area is 321 Å². The average Bonchev–Trinajstić information content (AvgIpc) is 3.54. The van der Waals surface area contributed by atoms with Crippen LogP contribution in [0.15, 0.2) is 72.8 Å². The number of carbonyl (C=O) groups is 2. The van der Waals surface area contributed by atoms with Crippen molar-refractivity contribution in [3.05, 3.63) is 101 Å². The molecular formula is C45H48N4O4S. The van der Waals surface area contributed by atoms with Gasteiger partial charge in [0.15, 0.2) is 10.8 Å². The highest BCUT2D eigenvalue weighted by atomic mass is 32.1. The smallest absolute Gasteiger partial charge is 0.358 e. The first-order chi connectivity index (χ1) is 26.0. The van der Waals surface area contributed by atoms with Crippen molar-refractivity contribution in [2.75, 3.05) is 23.4 Å². The van der Waals surface area contributed by atoms with Gasteiger partial charge < -0.3 is 14.4 Å². The highest BCUT2D eigenvalue weighted by molar-refractivity contribution is 7.22. The molecule has 5 aromatic rings. The van der Waals surface area contributed by atoms with Gasteiger partial charge in [0.2, 0.25) is 0 Å². The Morgan fingerprint density at radius 2 is 1.65 bits per heavy atom. The first-order valence-corrected chi connectivity index (χ1v) is 20.3. The summed E-state index contributed by atoms with van der Waals surface area (Å²) in [5, 5.41) is 3.61. The number of anilines is 2. The molecule has 3 heterocycles. The van der Waals surface area contributed by atoms with Gasteiger partial charge in [-0.25, -0.2) is 14.8 Å². The van der Waals surface area contributed by atoms with E-state index >= 15 is 0 Å². The van der Waals surface area contributed by atoms with Crippen molar-refractivity contribution in [3.8, 4) is 16.9 Å². The number of aromatic nitrogens is 2. The van der Waals surface area contributed by atoms with E-state index in [1.165, 1.54) is 49.9 Å². The summed E-state index contributed by atoms with van der Waals surface area (Å²) in [5.74, 6) is 3.57. The lowest BCUT2D eigenvalue weighted by molar-refractivity contribution is -0.0745. The van der Waals surface area contributed by atoms with Gasteiger partial charge in [-0.3, -0.25) is 10.1 Å². The summed E-state index contributed by atoms with van der Waals surface area (Å²) in [4.78, 5) is 39.3. The SMILES string of the molecule is Cc1cc(OCC23CC4CC(CC(C4)C2)C3)ccc1-c1ccc(N2CCc3cccc(C(=O)Nc4nc5ccccc5s4)c3C2)nc1C(=O)OC(C)(C)C. The van der Waals surface area contributed by atoms with Crippen molar-refractivity contribution in [2.24, 2.45) is 23.2 Å². The number of esters is 1. The maximum atomic E-state index is 13.9. The molecule has 1 aliphatic heterocycles. The van der Waals surface area contributed by atoms with Gasteiger partial charge in [-0.1, -0.05) is 41.7 Å². The number of pyridine rings is 1. The molecule has 1 N–H and O–H groups in total. The van der Waals surface area contributed by atoms with Gasteiger partial charge in [-0.2, -0.15) is 0 Å². The Bertz CT molecular complexity index is 2200. The lowest BCUT2D eigenvalue weighted by Gasteiger charge is -2.56. The Balaban J connectivity index is 0.970. The molecule has 0 atom stereocenters. The van der Waals surface area contributed by atoms with Crippen LogP contribution in [0.4, 0.5) is 10.9 Å². The second-order valence-electron chi connectivity index (χ2n) is 17.3. The van der Waals surface area contributed by atoms with Crippen molar-refractivity contribution in [2.45, 2.75) is 84.8 Å². The molecule has 9 heteroatoms. The van der Waals surface area contributed by atoms with Crippen LogP contribution >= 0.6 is 11.3 Å². The molecule has 0 spiro atoms. The molecule has 10 rings (SSSR count). The lowest BCUT2D eigenvalue weighted by atomic mass is 9.50. The minimum absolute atomic E-state index is 0.189. The normalized spacial score (nSPS) is 23.0. The molecular weight excluding hydrogens is 693 g/mol. The monoisotopic (exact) mass is 740 g/mol. The second kappa shape index (κ2) is 13.5. The number of carbonyl (C=O) groups excluding carboxylic acids is 2. The van der Waals surface area contributed by atoms with Crippen molar-refractivity contribution in [1.29, 1.82) is 0 Å². The standard InChI is InChI=1S/C45H48N4O4S/c1-27-18-32(52-26-45-22-28-19-29(23-45)21-30(20-28)24-45)12-13-33(27)34-14-15-39(47-40(34)42(51)53-44(2,3)4)49-17-16-31-8-7-9-35(36(31)25-49)41(50)48-43-46-37-10-5-6-11-38(37)54-43/h5-15,18,28-30H,16-17,19-26H2,1-4H3,(H,46,48,50). The quantitative estimate of drug-likeness (QED) is 0.158. The summed E-state index contributed by atoms with van der Waals surface area (Å²) >= 11 is 1.46. The van der Waals surface area contributed by atoms with Gasteiger partial charge in [0.05, 0.1) is 16.8 Å². The number of rotatable bonds is 8. The Kier molecular flexibility index (Phi) is 8.75. The number of hydrogen-bond donors (Lipinski definition) is 1. The van der Waals surface area contributed by atoms with Crippen molar-refractivity contribution >= 4 is 44.4 Å². The number of hydrogen-bond acceptors (Lipinski definition) is 8. The molecule has 3 aromatic carbocycles. The Morgan fingerprint density at radius 1 is 0.907 bits per heavy atom. The van der Waals surface area contributed by atoms with E-state index in [2.05, 4.69) is 40.3 Å². The van der Waals surface area contributed by atoms with Crippen LogP contribution in [0.1, 0.15) is 96.8 Å². The fourth-order valence-corrected chi connectivity index (χ4v) is 11.0. The summed E-state index contributed by atoms with van der Waals surface area (Å²) in [7, 11) is 0. The molecule has 4 aliphatic carbocycles. The molecule has 2 aromatic heterocycles. The van der Waals surface area contributed by atoms with Crippen molar-refractivity contribution in [1.82, 2.24) is 9.97 Å². The number of nitrogens with one attached hydrogen (secondary N) is 1. The highest BCUT2D eigenvalue weighted by Crippen LogP contribution is 2.60. The van der Waals surface area contributed by atoms with Crippen LogP contribution in [0, 0.1) is 30.1 Å². The van der Waals surface area contributed by atoms with Crippen LogP contribution in [-0.2, 0) is 17.7 Å². The minimum atomic E-state index is -0.689. The highest BCUT2D eigenvalue weighted by Gasteiger charge is 2.51. The predicted molar refractivity (Wildman–Crippen MR) is 214 cm³/mol. The van der Waals surface area contributed by atoms with Gasteiger partial charge in [0.25, 0.3) is 5.91 Å². The van der Waals surface area contributed by atoms with Gasteiger partial charge >= 0.3 is 5.97 Å². The number of benzene rings is 3. The van der Waals surface area contributed by atoms with Crippen LogP contribution in [-0.4, -0.2) is 40.6 Å². The summed E-state index contributed by atoms with van der Waals surface area (Å²) in [6.07, 6.45) is 8.96. The fourth-order valence-electron chi connectivity index (χ4n) is 10.1. The summed E-state index contributed by atoms with van der Waals surface area (Å²) in [6.45, 7) is 9.66. The average molecular weight is 741 g/mol. The molecule has 0 radical (unpaired) electrons. The van der Waals surface area contributed by atoms with Crippen molar-refractivity contribution in [3.63, 3.8) is 0 Å². The number of para-hydroxylation sites is 1. The number of thiazole rings is 1. The van der Waals surface area contributed by atoms with E-state index in [0.717, 1.165) is 74.6 Å². The fraction of sp³-hybridized carbons (Fsp3) is 0.422. The zero-order valence-corrected chi connectivity index (χ0v) is 32.4. The summed E-state index contributed by atoms with van der Waals surface area (Å²) in [6, 6.07) is 23.9. The molecule has 4 bridgehead atoms. The van der Waals surface area contributed by atoms with Crippen molar-refractivity contribution < 1.29 is 19.1 Å². The molecule has 0 saturated heterocycles. The van der Waals surface area contributed by atoms with Crippen LogP contribution in [0.25, 0.3) is 21.3 Å². The van der Waals surface area contributed by atoms with E-state index < -0.39 is 11.6 Å². The van der Waals surface area contributed by atoms with Gasteiger partial charge in [0.1, 0.15) is 17.2 Å². The molecule has 54 heavy (non-hydrogen) atoms. The minimum Gasteiger partial charge on any atom is -0.493 e. The predicted octanol–water partition coefficient (Wildman–Crippen LogP) is 10.0. The number of fused-ring (bicyclic) bond motifs is 2.